The molecule has 29 heavy (non-hydrogen) atoms. The Morgan fingerprint density at radius 2 is 1.83 bits per heavy atom. The summed E-state index contributed by atoms with van der Waals surface area (Å²) in [5, 5.41) is -0.00540. The van der Waals surface area contributed by atoms with Gasteiger partial charge in [-0.2, -0.15) is 26.1 Å². The van der Waals surface area contributed by atoms with Crippen molar-refractivity contribution in [2.24, 2.45) is 9.39 Å². The lowest BCUT2D eigenvalue weighted by atomic mass is 10.1. The number of halogens is 1. The van der Waals surface area contributed by atoms with Gasteiger partial charge < -0.3 is 4.90 Å². The van der Waals surface area contributed by atoms with Gasteiger partial charge in [0, 0.05) is 23.0 Å². The van der Waals surface area contributed by atoms with Crippen LogP contribution in [0.1, 0.15) is 24.8 Å². The molecule has 1 aromatic rings. The van der Waals surface area contributed by atoms with E-state index in [9.17, 15) is 21.6 Å². The molecule has 0 atom stereocenters. The summed E-state index contributed by atoms with van der Waals surface area (Å²) < 4.78 is 57.2. The first-order chi connectivity index (χ1) is 13.6. The summed E-state index contributed by atoms with van der Waals surface area (Å²) >= 11 is 6.96. The minimum atomic E-state index is -4.43. The van der Waals surface area contributed by atoms with Crippen LogP contribution in [-0.2, 0) is 20.2 Å². The molecular weight excluding hydrogens is 462 g/mol. The number of rotatable bonds is 0. The number of guanidine groups is 1. The molecule has 156 valence electrons. The molecule has 0 unspecified atom stereocenters. The van der Waals surface area contributed by atoms with Gasteiger partial charge in [-0.15, -0.1) is 4.40 Å². The average Bonchev–Trinajstić information content (AvgIpc) is 2.62. The number of amidine groups is 1. The SMILES string of the molecule is Cc1cc2c(cc1Cl)SC(N1C(N3CCCCC3)=NC(=O)NS1(=O)=O)=NS2(=O)=O. The van der Waals surface area contributed by atoms with Crippen molar-refractivity contribution in [1.29, 1.82) is 0 Å². The van der Waals surface area contributed by atoms with E-state index in [4.69, 9.17) is 11.6 Å². The van der Waals surface area contributed by atoms with E-state index in [1.807, 2.05) is 0 Å². The molecule has 1 N–H and O–H groups in total. The highest BCUT2D eigenvalue weighted by Crippen LogP contribution is 2.39. The second kappa shape index (κ2) is 7.15. The van der Waals surface area contributed by atoms with Gasteiger partial charge in [0.15, 0.2) is 0 Å². The molecule has 1 saturated heterocycles. The average molecular weight is 478 g/mol. The lowest BCUT2D eigenvalue weighted by Gasteiger charge is -2.37. The molecule has 3 aliphatic heterocycles. The molecule has 0 bridgehead atoms. The molecule has 0 aromatic heterocycles. The van der Waals surface area contributed by atoms with Crippen molar-refractivity contribution in [2.45, 2.75) is 36.0 Å². The number of nitrogens with zero attached hydrogens (tertiary/aromatic N) is 4. The number of carbonyl (C=O) groups is 1. The number of fused-ring (bicyclic) bond motifs is 1. The van der Waals surface area contributed by atoms with E-state index in [0.29, 0.717) is 28.0 Å². The Bertz CT molecular complexity index is 1170. The zero-order valence-electron chi connectivity index (χ0n) is 15.1. The Labute approximate surface area is 177 Å². The number of amides is 2. The molecule has 3 heterocycles. The maximum Gasteiger partial charge on any atom is 0.359 e. The molecule has 2 amide bonds. The van der Waals surface area contributed by atoms with Crippen LogP contribution < -0.4 is 4.72 Å². The minimum Gasteiger partial charge on any atom is -0.341 e. The number of aryl methyl sites for hydroxylation is 1. The lowest BCUT2D eigenvalue weighted by Crippen LogP contribution is -2.58. The van der Waals surface area contributed by atoms with E-state index in [2.05, 4.69) is 9.39 Å². The van der Waals surface area contributed by atoms with Crippen LogP contribution in [0.4, 0.5) is 4.79 Å². The van der Waals surface area contributed by atoms with Crippen LogP contribution in [0, 0.1) is 6.92 Å². The van der Waals surface area contributed by atoms with Gasteiger partial charge in [0.25, 0.3) is 10.0 Å². The first kappa shape index (κ1) is 20.4. The third kappa shape index (κ3) is 3.71. The smallest absolute Gasteiger partial charge is 0.341 e. The molecule has 14 heteroatoms. The van der Waals surface area contributed by atoms with Crippen molar-refractivity contribution in [3.8, 4) is 0 Å². The monoisotopic (exact) mass is 477 g/mol. The fourth-order valence-electron chi connectivity index (χ4n) is 3.17. The summed E-state index contributed by atoms with van der Waals surface area (Å²) in [6.07, 6.45) is 2.56. The Balaban J connectivity index is 1.84. The van der Waals surface area contributed by atoms with E-state index in [0.717, 1.165) is 31.0 Å². The van der Waals surface area contributed by atoms with Crippen molar-refractivity contribution >= 4 is 60.8 Å². The van der Waals surface area contributed by atoms with E-state index >= 15 is 0 Å². The van der Waals surface area contributed by atoms with Crippen LogP contribution >= 0.6 is 23.4 Å². The van der Waals surface area contributed by atoms with Crippen molar-refractivity contribution in [1.82, 2.24) is 13.9 Å². The van der Waals surface area contributed by atoms with Crippen LogP contribution in [0.25, 0.3) is 0 Å². The fraction of sp³-hybridized carbons (Fsp3) is 0.400. The molecule has 1 fully saturated rings. The highest BCUT2D eigenvalue weighted by atomic mass is 35.5. The van der Waals surface area contributed by atoms with Crippen LogP contribution in [0.3, 0.4) is 0 Å². The predicted molar refractivity (Wildman–Crippen MR) is 109 cm³/mol. The number of likely N-dealkylation sites (tertiary alicyclic amines) is 1. The Morgan fingerprint density at radius 3 is 2.52 bits per heavy atom. The molecule has 1 aromatic carbocycles. The highest BCUT2D eigenvalue weighted by molar-refractivity contribution is 8.16. The second-order valence-corrected chi connectivity index (χ2v) is 11.1. The van der Waals surface area contributed by atoms with Gasteiger partial charge >= 0.3 is 16.2 Å². The van der Waals surface area contributed by atoms with Gasteiger partial charge in [-0.05, 0) is 55.6 Å². The number of hydrogen-bond acceptors (Lipinski definition) is 7. The first-order valence-electron chi connectivity index (χ1n) is 8.62. The number of carbonyl (C=O) groups excluding carboxylic acids is 1. The summed E-state index contributed by atoms with van der Waals surface area (Å²) in [5.74, 6) is -0.156. The maximum absolute atomic E-state index is 12.8. The molecule has 10 nitrogen and oxygen atoms in total. The third-order valence-electron chi connectivity index (χ3n) is 4.55. The third-order valence-corrected chi connectivity index (χ3v) is 8.89. The van der Waals surface area contributed by atoms with Crippen molar-refractivity contribution in [2.75, 3.05) is 13.1 Å². The normalized spacial score (nSPS) is 23.0. The van der Waals surface area contributed by atoms with E-state index in [1.165, 1.54) is 12.1 Å². The van der Waals surface area contributed by atoms with E-state index < -0.39 is 26.3 Å². The molecule has 0 saturated carbocycles. The van der Waals surface area contributed by atoms with Crippen molar-refractivity contribution in [3.05, 3.63) is 22.7 Å². The van der Waals surface area contributed by atoms with E-state index in [1.54, 1.807) is 16.5 Å². The summed E-state index contributed by atoms with van der Waals surface area (Å²) in [6, 6.07) is 1.81. The van der Waals surface area contributed by atoms with Crippen LogP contribution in [-0.4, -0.2) is 56.3 Å². The number of sulfonamides is 1. The van der Waals surface area contributed by atoms with Crippen molar-refractivity contribution in [3.63, 3.8) is 0 Å². The van der Waals surface area contributed by atoms with Gasteiger partial charge in [-0.3, -0.25) is 0 Å². The standard InChI is InChI=1S/C15H16ClN5O5S3/c1-9-7-12-11(8-10(9)16)27-15(19-28(12,23)24)21-14(20-5-3-2-4-6-20)17-13(22)18-29(21,25)26/h7-8H,2-6H2,1H3,(H,18,22). The molecular formula is C15H16ClN5O5S3. The van der Waals surface area contributed by atoms with Gasteiger partial charge in [0.2, 0.25) is 11.1 Å². The van der Waals surface area contributed by atoms with Crippen LogP contribution in [0.5, 0.6) is 0 Å². The minimum absolute atomic E-state index is 0.0527. The van der Waals surface area contributed by atoms with Crippen LogP contribution in [0.15, 0.2) is 31.3 Å². The van der Waals surface area contributed by atoms with Gasteiger partial charge in [-0.25, -0.2) is 9.52 Å². The van der Waals surface area contributed by atoms with Gasteiger partial charge in [-0.1, -0.05) is 11.6 Å². The fourth-order valence-corrected chi connectivity index (χ4v) is 7.44. The molecule has 0 aliphatic carbocycles. The van der Waals surface area contributed by atoms with Crippen molar-refractivity contribution < 1.29 is 21.6 Å². The predicted octanol–water partition coefficient (Wildman–Crippen LogP) is 1.91. The zero-order valence-corrected chi connectivity index (χ0v) is 18.3. The number of thioether (sulfide) groups is 1. The topological polar surface area (TPSA) is 129 Å². The highest BCUT2D eigenvalue weighted by Gasteiger charge is 2.43. The molecule has 3 aliphatic rings. The summed E-state index contributed by atoms with van der Waals surface area (Å²) in [4.78, 5) is 17.5. The van der Waals surface area contributed by atoms with E-state index in [-0.39, 0.29) is 20.9 Å². The Morgan fingerprint density at radius 1 is 1.14 bits per heavy atom. The summed E-state index contributed by atoms with van der Waals surface area (Å²) in [6.45, 7) is 2.64. The first-order valence-corrected chi connectivity index (χ1v) is 12.7. The quantitative estimate of drug-likeness (QED) is 0.604. The van der Waals surface area contributed by atoms with Gasteiger partial charge in [0.1, 0.15) is 4.90 Å². The number of urea groups is 1. The zero-order chi connectivity index (χ0) is 21.0. The maximum atomic E-state index is 12.8. The van der Waals surface area contributed by atoms with Crippen LogP contribution in [0.2, 0.25) is 5.02 Å². The second-order valence-electron chi connectivity index (χ2n) is 6.64. The number of nitrogens with one attached hydrogen (secondary N) is 1. The number of hydrogen-bond donors (Lipinski definition) is 1. The molecule has 0 radical (unpaired) electrons. The molecule has 0 spiro atoms. The largest absolute Gasteiger partial charge is 0.359 e. The summed E-state index contributed by atoms with van der Waals surface area (Å²) in [7, 11) is -8.61. The summed E-state index contributed by atoms with van der Waals surface area (Å²) in [5.41, 5.74) is 0.557. The lowest BCUT2D eigenvalue weighted by molar-refractivity contribution is 0.250. The molecule has 4 rings (SSSR count). The number of benzene rings is 1. The number of aliphatic imine (C=N–C) groups is 1. The number of piperidine rings is 1. The van der Waals surface area contributed by atoms with Gasteiger partial charge in [0.05, 0.1) is 0 Å². The Hall–Kier alpha value is -1.83. The Kier molecular flexibility index (Phi) is 5.04.